The SMILES string of the molecule is CCCCCCCn1c(C(C)OC(=O)c2ccc(OC(C)CC(=O)O)cc2)nn(Cc2ccc(C)cc2)c1=O. The molecule has 2 unspecified atom stereocenters. The zero-order chi connectivity index (χ0) is 28.4. The zero-order valence-electron chi connectivity index (χ0n) is 23.3. The minimum Gasteiger partial charge on any atom is -0.490 e. The summed E-state index contributed by atoms with van der Waals surface area (Å²) in [6.45, 7) is 8.39. The molecule has 210 valence electrons. The van der Waals surface area contributed by atoms with Gasteiger partial charge in [-0.25, -0.2) is 14.3 Å². The Morgan fingerprint density at radius 2 is 1.64 bits per heavy atom. The van der Waals surface area contributed by atoms with E-state index in [2.05, 4.69) is 12.0 Å². The van der Waals surface area contributed by atoms with Crippen molar-refractivity contribution in [3.63, 3.8) is 0 Å². The number of aromatic nitrogens is 3. The molecule has 0 radical (unpaired) electrons. The Kier molecular flexibility index (Phi) is 10.9. The van der Waals surface area contributed by atoms with Gasteiger partial charge in [-0.2, -0.15) is 5.10 Å². The van der Waals surface area contributed by atoms with Crippen molar-refractivity contribution in [2.24, 2.45) is 0 Å². The van der Waals surface area contributed by atoms with Crippen LogP contribution in [-0.4, -0.2) is 37.5 Å². The Morgan fingerprint density at radius 1 is 0.974 bits per heavy atom. The maximum absolute atomic E-state index is 13.3. The van der Waals surface area contributed by atoms with Crippen molar-refractivity contribution >= 4 is 11.9 Å². The third kappa shape index (κ3) is 8.84. The molecular weight excluding hydrogens is 498 g/mol. The van der Waals surface area contributed by atoms with Crippen LogP contribution in [0.15, 0.2) is 53.3 Å². The second-order valence-electron chi connectivity index (χ2n) is 9.95. The summed E-state index contributed by atoms with van der Waals surface area (Å²) in [7, 11) is 0. The molecule has 3 aromatic rings. The molecule has 0 aliphatic carbocycles. The first-order valence-corrected chi connectivity index (χ1v) is 13.6. The fourth-order valence-electron chi connectivity index (χ4n) is 4.28. The van der Waals surface area contributed by atoms with E-state index < -0.39 is 24.1 Å². The van der Waals surface area contributed by atoms with Gasteiger partial charge in [-0.15, -0.1) is 0 Å². The van der Waals surface area contributed by atoms with Crippen LogP contribution >= 0.6 is 0 Å². The highest BCUT2D eigenvalue weighted by molar-refractivity contribution is 5.89. The summed E-state index contributed by atoms with van der Waals surface area (Å²) in [6.07, 6.45) is 3.88. The fraction of sp³-hybridized carbons (Fsp3) is 0.467. The summed E-state index contributed by atoms with van der Waals surface area (Å²) in [4.78, 5) is 37.1. The number of carboxylic acid groups (broad SMARTS) is 1. The molecule has 0 amide bonds. The quantitative estimate of drug-likeness (QED) is 0.200. The lowest BCUT2D eigenvalue weighted by molar-refractivity contribution is -0.138. The van der Waals surface area contributed by atoms with Crippen LogP contribution in [0.3, 0.4) is 0 Å². The van der Waals surface area contributed by atoms with Gasteiger partial charge in [0.1, 0.15) is 11.9 Å². The zero-order valence-corrected chi connectivity index (χ0v) is 23.3. The molecule has 1 N–H and O–H groups in total. The van der Waals surface area contributed by atoms with Crippen molar-refractivity contribution in [2.45, 2.75) is 91.5 Å². The summed E-state index contributed by atoms with van der Waals surface area (Å²) in [5.74, 6) is -0.626. The Labute approximate surface area is 229 Å². The van der Waals surface area contributed by atoms with Gasteiger partial charge < -0.3 is 14.6 Å². The molecular formula is C30H39N3O6. The monoisotopic (exact) mass is 537 g/mol. The topological polar surface area (TPSA) is 113 Å². The van der Waals surface area contributed by atoms with Crippen LogP contribution in [0.5, 0.6) is 5.75 Å². The number of aryl methyl sites for hydroxylation is 1. The van der Waals surface area contributed by atoms with Crippen LogP contribution in [0, 0.1) is 6.92 Å². The largest absolute Gasteiger partial charge is 0.490 e. The van der Waals surface area contributed by atoms with E-state index in [1.807, 2.05) is 31.2 Å². The van der Waals surface area contributed by atoms with Crippen LogP contribution in [0.4, 0.5) is 0 Å². The predicted molar refractivity (Wildman–Crippen MR) is 148 cm³/mol. The first-order chi connectivity index (χ1) is 18.7. The molecule has 2 atom stereocenters. The lowest BCUT2D eigenvalue weighted by Crippen LogP contribution is -2.26. The summed E-state index contributed by atoms with van der Waals surface area (Å²) >= 11 is 0. The van der Waals surface area contributed by atoms with Crippen molar-refractivity contribution < 1.29 is 24.2 Å². The van der Waals surface area contributed by atoms with E-state index in [1.165, 1.54) is 4.68 Å². The van der Waals surface area contributed by atoms with Crippen LogP contribution in [-0.2, 0) is 22.6 Å². The van der Waals surface area contributed by atoms with Gasteiger partial charge in [-0.3, -0.25) is 9.36 Å². The maximum Gasteiger partial charge on any atom is 0.346 e. The summed E-state index contributed by atoms with van der Waals surface area (Å²) in [6, 6.07) is 14.3. The molecule has 0 aliphatic heterocycles. The third-order valence-electron chi connectivity index (χ3n) is 6.43. The highest BCUT2D eigenvalue weighted by Gasteiger charge is 2.23. The molecule has 0 saturated heterocycles. The predicted octanol–water partition coefficient (Wildman–Crippen LogP) is 5.53. The molecule has 0 fully saturated rings. The lowest BCUT2D eigenvalue weighted by atomic mass is 10.1. The van der Waals surface area contributed by atoms with Crippen LogP contribution in [0.2, 0.25) is 0 Å². The normalized spacial score (nSPS) is 12.6. The number of unbranched alkanes of at least 4 members (excludes halogenated alkanes) is 4. The van der Waals surface area contributed by atoms with Gasteiger partial charge in [0.2, 0.25) is 0 Å². The Hall–Kier alpha value is -3.88. The smallest absolute Gasteiger partial charge is 0.346 e. The number of carbonyl (C=O) groups is 2. The molecule has 9 heteroatoms. The minimum atomic E-state index is -0.947. The van der Waals surface area contributed by atoms with Crippen LogP contribution in [0.1, 0.15) is 92.7 Å². The second kappa shape index (κ2) is 14.3. The molecule has 0 spiro atoms. The number of aliphatic carboxylic acids is 1. The Bertz CT molecular complexity index is 1280. The molecule has 0 bridgehead atoms. The van der Waals surface area contributed by atoms with Gasteiger partial charge in [0, 0.05) is 6.54 Å². The second-order valence-corrected chi connectivity index (χ2v) is 9.95. The Morgan fingerprint density at radius 3 is 2.28 bits per heavy atom. The van der Waals surface area contributed by atoms with Gasteiger partial charge in [0.15, 0.2) is 11.9 Å². The maximum atomic E-state index is 13.3. The molecule has 0 aliphatic rings. The third-order valence-corrected chi connectivity index (χ3v) is 6.43. The van der Waals surface area contributed by atoms with Gasteiger partial charge in [0.25, 0.3) is 0 Å². The number of hydrogen-bond acceptors (Lipinski definition) is 6. The minimum absolute atomic E-state index is 0.127. The number of esters is 1. The van der Waals surface area contributed by atoms with Gasteiger partial charge in [-0.1, -0.05) is 62.4 Å². The number of hydrogen-bond donors (Lipinski definition) is 1. The number of benzene rings is 2. The van der Waals surface area contributed by atoms with E-state index in [9.17, 15) is 14.4 Å². The van der Waals surface area contributed by atoms with E-state index in [-0.39, 0.29) is 12.1 Å². The van der Waals surface area contributed by atoms with Crippen molar-refractivity contribution in [1.29, 1.82) is 0 Å². The molecule has 1 aromatic heterocycles. The summed E-state index contributed by atoms with van der Waals surface area (Å²) < 4.78 is 14.4. The molecule has 3 rings (SSSR count). The number of carbonyl (C=O) groups excluding carboxylic acids is 1. The number of ether oxygens (including phenoxy) is 2. The molecule has 1 heterocycles. The summed E-state index contributed by atoms with van der Waals surface area (Å²) in [5.41, 5.74) is 2.19. The van der Waals surface area contributed by atoms with Gasteiger partial charge in [-0.05, 0) is 57.0 Å². The van der Waals surface area contributed by atoms with Gasteiger partial charge >= 0.3 is 17.6 Å². The Balaban J connectivity index is 1.74. The first kappa shape index (κ1) is 29.7. The van der Waals surface area contributed by atoms with Crippen molar-refractivity contribution in [1.82, 2.24) is 14.3 Å². The standard InChI is InChI=1S/C30H39N3O6/c1-5-6-7-8-9-18-32-28(31-33(30(32)37)20-24-12-10-21(2)11-13-24)23(4)39-29(36)25-14-16-26(17-15-25)38-22(3)19-27(34)35/h10-17,22-23H,5-9,18-20H2,1-4H3,(H,34,35). The van der Waals surface area contributed by atoms with Gasteiger partial charge in [0.05, 0.1) is 18.5 Å². The highest BCUT2D eigenvalue weighted by atomic mass is 16.5. The number of carboxylic acids is 1. The first-order valence-electron chi connectivity index (χ1n) is 13.6. The molecule has 9 nitrogen and oxygen atoms in total. The molecule has 39 heavy (non-hydrogen) atoms. The van der Waals surface area contributed by atoms with E-state index in [1.54, 1.807) is 42.7 Å². The fourth-order valence-corrected chi connectivity index (χ4v) is 4.28. The van der Waals surface area contributed by atoms with Crippen LogP contribution in [0.25, 0.3) is 0 Å². The van der Waals surface area contributed by atoms with Crippen molar-refractivity contribution in [2.75, 3.05) is 0 Å². The van der Waals surface area contributed by atoms with E-state index in [0.717, 1.165) is 43.2 Å². The van der Waals surface area contributed by atoms with E-state index in [0.29, 0.717) is 30.2 Å². The van der Waals surface area contributed by atoms with E-state index in [4.69, 9.17) is 14.6 Å². The molecule has 0 saturated carbocycles. The highest BCUT2D eigenvalue weighted by Crippen LogP contribution is 2.20. The molecule has 2 aromatic carbocycles. The summed E-state index contributed by atoms with van der Waals surface area (Å²) in [5, 5.41) is 13.5. The number of nitrogens with zero attached hydrogens (tertiary/aromatic N) is 3. The van der Waals surface area contributed by atoms with Crippen LogP contribution < -0.4 is 10.4 Å². The van der Waals surface area contributed by atoms with E-state index >= 15 is 0 Å². The van der Waals surface area contributed by atoms with Crippen molar-refractivity contribution in [3.05, 3.63) is 81.5 Å². The average Bonchev–Trinajstić information content (AvgIpc) is 3.20. The number of rotatable bonds is 15. The average molecular weight is 538 g/mol. The lowest BCUT2D eigenvalue weighted by Gasteiger charge is -2.15. The van der Waals surface area contributed by atoms with Crippen molar-refractivity contribution in [3.8, 4) is 5.75 Å².